The van der Waals surface area contributed by atoms with Crippen molar-refractivity contribution in [3.63, 3.8) is 0 Å². The van der Waals surface area contributed by atoms with Gasteiger partial charge in [0, 0.05) is 17.4 Å². The van der Waals surface area contributed by atoms with Gasteiger partial charge in [-0.15, -0.1) is 0 Å². The van der Waals surface area contributed by atoms with E-state index < -0.39 is 5.97 Å². The first-order valence-electron chi connectivity index (χ1n) is 9.74. The smallest absolute Gasteiger partial charge is 0.339 e. The van der Waals surface area contributed by atoms with E-state index in [-0.39, 0.29) is 28.7 Å². The zero-order valence-corrected chi connectivity index (χ0v) is 16.3. The molecule has 2 N–H and O–H groups in total. The van der Waals surface area contributed by atoms with E-state index in [1.165, 1.54) is 5.57 Å². The number of phenols is 1. The van der Waals surface area contributed by atoms with Gasteiger partial charge in [-0.05, 0) is 58.1 Å². The highest BCUT2D eigenvalue weighted by molar-refractivity contribution is 5.94. The van der Waals surface area contributed by atoms with Crippen molar-refractivity contribution in [1.82, 2.24) is 0 Å². The Morgan fingerprint density at radius 3 is 2.73 bits per heavy atom. The summed E-state index contributed by atoms with van der Waals surface area (Å²) in [6.07, 6.45) is 7.85. The van der Waals surface area contributed by atoms with E-state index in [0.717, 1.165) is 32.1 Å². The Balaban J connectivity index is 2.15. The summed E-state index contributed by atoms with van der Waals surface area (Å²) in [5, 5.41) is 20.7. The van der Waals surface area contributed by atoms with Crippen LogP contribution in [0.25, 0.3) is 0 Å². The monoisotopic (exact) mass is 358 g/mol. The predicted molar refractivity (Wildman–Crippen MR) is 102 cm³/mol. The first kappa shape index (κ1) is 18.8. The molecule has 4 nitrogen and oxygen atoms in total. The Hall–Kier alpha value is -1.97. The van der Waals surface area contributed by atoms with Crippen LogP contribution in [0, 0.1) is 5.92 Å². The molecule has 3 rings (SSSR count). The number of carboxylic acid groups (broad SMARTS) is 1. The minimum absolute atomic E-state index is 0.00490. The molecule has 1 aromatic rings. The van der Waals surface area contributed by atoms with Crippen molar-refractivity contribution in [2.75, 3.05) is 0 Å². The number of hydrogen-bond donors (Lipinski definition) is 2. The van der Waals surface area contributed by atoms with Gasteiger partial charge < -0.3 is 14.9 Å². The zero-order chi connectivity index (χ0) is 19.1. The number of carboxylic acids is 1. The fourth-order valence-corrected chi connectivity index (χ4v) is 4.61. The maximum Gasteiger partial charge on any atom is 0.339 e. The number of unbranched alkanes of at least 4 members (excludes halogenated alkanes) is 2. The standard InChI is InChI=1S/C22H30O4/c1-5-6-7-8-14-12-17-19(20(23)18(14)21(24)25)15-11-13(2)9-10-16(15)22(3,4)26-17/h11-12,15-16,23H,5-10H2,1-4H3,(H,24,25)/t15-,16?/m1/s1. The average Bonchev–Trinajstić information content (AvgIpc) is 2.53. The van der Waals surface area contributed by atoms with E-state index in [0.29, 0.717) is 23.3 Å². The normalized spacial score (nSPS) is 23.5. The van der Waals surface area contributed by atoms with Crippen molar-refractivity contribution < 1.29 is 19.7 Å². The second kappa shape index (κ2) is 6.98. The molecule has 2 atom stereocenters. The summed E-state index contributed by atoms with van der Waals surface area (Å²) in [5.41, 5.74) is 2.34. The Labute approximate surface area is 155 Å². The molecule has 0 spiro atoms. The summed E-state index contributed by atoms with van der Waals surface area (Å²) in [6.45, 7) is 8.42. The summed E-state index contributed by atoms with van der Waals surface area (Å²) in [6, 6.07) is 1.86. The number of benzene rings is 1. The predicted octanol–water partition coefficient (Wildman–Crippen LogP) is 5.43. The largest absolute Gasteiger partial charge is 0.507 e. The Morgan fingerprint density at radius 1 is 1.35 bits per heavy atom. The highest BCUT2D eigenvalue weighted by atomic mass is 16.5. The quantitative estimate of drug-likeness (QED) is 0.544. The molecular weight excluding hydrogens is 328 g/mol. The van der Waals surface area contributed by atoms with E-state index in [4.69, 9.17) is 4.74 Å². The number of fused-ring (bicyclic) bond motifs is 3. The molecule has 0 saturated heterocycles. The van der Waals surface area contributed by atoms with Gasteiger partial charge in [0.2, 0.25) is 0 Å². The van der Waals surface area contributed by atoms with Crippen LogP contribution in [0.1, 0.15) is 87.2 Å². The number of aryl methyl sites for hydroxylation is 1. The average molecular weight is 358 g/mol. The van der Waals surface area contributed by atoms with Crippen LogP contribution in [0.3, 0.4) is 0 Å². The summed E-state index contributed by atoms with van der Waals surface area (Å²) in [5.74, 6) is -0.272. The molecule has 0 saturated carbocycles. The molecule has 2 aliphatic rings. The lowest BCUT2D eigenvalue weighted by molar-refractivity contribution is 0.0106. The number of hydrogen-bond acceptors (Lipinski definition) is 3. The lowest BCUT2D eigenvalue weighted by atomic mass is 9.67. The van der Waals surface area contributed by atoms with Crippen LogP contribution in [-0.4, -0.2) is 21.8 Å². The fraction of sp³-hybridized carbons (Fsp3) is 0.591. The number of aromatic hydroxyl groups is 1. The molecule has 0 amide bonds. The van der Waals surface area contributed by atoms with Crippen LogP contribution in [0.4, 0.5) is 0 Å². The minimum Gasteiger partial charge on any atom is -0.507 e. The molecule has 1 aromatic carbocycles. The molecular formula is C22H30O4. The lowest BCUT2D eigenvalue weighted by Crippen LogP contribution is -2.45. The van der Waals surface area contributed by atoms with Gasteiger partial charge in [0.15, 0.2) is 0 Å². The van der Waals surface area contributed by atoms with Crippen molar-refractivity contribution >= 4 is 5.97 Å². The molecule has 0 aromatic heterocycles. The molecule has 0 bridgehead atoms. The van der Waals surface area contributed by atoms with Crippen molar-refractivity contribution in [3.8, 4) is 11.5 Å². The third kappa shape index (κ3) is 3.22. The van der Waals surface area contributed by atoms with Gasteiger partial charge in [0.25, 0.3) is 0 Å². The summed E-state index contributed by atoms with van der Waals surface area (Å²) in [7, 11) is 0. The molecule has 1 unspecified atom stereocenters. The van der Waals surface area contributed by atoms with Gasteiger partial charge in [0.1, 0.15) is 22.7 Å². The molecule has 4 heteroatoms. The number of aromatic carboxylic acids is 1. The van der Waals surface area contributed by atoms with E-state index in [1.54, 1.807) is 0 Å². The zero-order valence-electron chi connectivity index (χ0n) is 16.3. The maximum atomic E-state index is 11.9. The Kier molecular flexibility index (Phi) is 5.05. The van der Waals surface area contributed by atoms with Crippen LogP contribution in [0.2, 0.25) is 0 Å². The number of carbonyl (C=O) groups is 1. The van der Waals surface area contributed by atoms with Gasteiger partial charge in [-0.25, -0.2) is 4.79 Å². The number of allylic oxidation sites excluding steroid dienone is 2. The van der Waals surface area contributed by atoms with Gasteiger partial charge in [-0.1, -0.05) is 31.4 Å². The summed E-state index contributed by atoms with van der Waals surface area (Å²) in [4.78, 5) is 11.9. The highest BCUT2D eigenvalue weighted by Crippen LogP contribution is 2.54. The third-order valence-corrected chi connectivity index (χ3v) is 5.99. The maximum absolute atomic E-state index is 11.9. The second-order valence-corrected chi connectivity index (χ2v) is 8.32. The Bertz CT molecular complexity index is 745. The molecule has 1 aliphatic heterocycles. The summed E-state index contributed by atoms with van der Waals surface area (Å²) >= 11 is 0. The second-order valence-electron chi connectivity index (χ2n) is 8.32. The van der Waals surface area contributed by atoms with Crippen molar-refractivity contribution in [1.29, 1.82) is 0 Å². The van der Waals surface area contributed by atoms with Crippen molar-refractivity contribution in [2.45, 2.75) is 77.7 Å². The highest BCUT2D eigenvalue weighted by Gasteiger charge is 2.46. The van der Waals surface area contributed by atoms with Gasteiger partial charge in [-0.2, -0.15) is 0 Å². The van der Waals surface area contributed by atoms with Crippen LogP contribution in [-0.2, 0) is 6.42 Å². The molecule has 26 heavy (non-hydrogen) atoms. The fourth-order valence-electron chi connectivity index (χ4n) is 4.61. The first-order valence-corrected chi connectivity index (χ1v) is 9.74. The van der Waals surface area contributed by atoms with Gasteiger partial charge >= 0.3 is 5.97 Å². The Morgan fingerprint density at radius 2 is 2.08 bits per heavy atom. The van der Waals surface area contributed by atoms with E-state index in [9.17, 15) is 15.0 Å². The minimum atomic E-state index is -1.06. The molecule has 1 heterocycles. The summed E-state index contributed by atoms with van der Waals surface area (Å²) < 4.78 is 6.30. The molecule has 0 radical (unpaired) electrons. The van der Waals surface area contributed by atoms with Crippen LogP contribution in [0.15, 0.2) is 17.7 Å². The van der Waals surface area contributed by atoms with Crippen molar-refractivity contribution in [2.24, 2.45) is 5.92 Å². The van der Waals surface area contributed by atoms with E-state index >= 15 is 0 Å². The van der Waals surface area contributed by atoms with Crippen LogP contribution in [0.5, 0.6) is 11.5 Å². The topological polar surface area (TPSA) is 66.8 Å². The third-order valence-electron chi connectivity index (χ3n) is 5.99. The molecule has 1 aliphatic carbocycles. The number of rotatable bonds is 5. The molecule has 0 fully saturated rings. The van der Waals surface area contributed by atoms with E-state index in [1.807, 2.05) is 6.07 Å². The lowest BCUT2D eigenvalue weighted by Gasteiger charge is -2.46. The number of ether oxygens (including phenoxy) is 1. The SMILES string of the molecule is CCCCCc1cc2c(c(O)c1C(=O)O)[C@@H]1C=C(C)CCC1C(C)(C)O2. The van der Waals surface area contributed by atoms with Gasteiger partial charge in [-0.3, -0.25) is 0 Å². The molecule has 142 valence electrons. The van der Waals surface area contributed by atoms with Crippen LogP contribution >= 0.6 is 0 Å². The van der Waals surface area contributed by atoms with Gasteiger partial charge in [0.05, 0.1) is 0 Å². The van der Waals surface area contributed by atoms with E-state index in [2.05, 4.69) is 33.8 Å². The first-order chi connectivity index (χ1) is 12.3. The van der Waals surface area contributed by atoms with Crippen LogP contribution < -0.4 is 4.74 Å². The van der Waals surface area contributed by atoms with Crippen molar-refractivity contribution in [3.05, 3.63) is 34.4 Å².